The van der Waals surface area contributed by atoms with Crippen molar-refractivity contribution < 1.29 is 44.9 Å². The first-order chi connectivity index (χ1) is 18.7. The third-order valence-corrected chi connectivity index (χ3v) is 7.37. The Hall–Kier alpha value is -4.89. The maximum atomic E-state index is 14.2. The molecule has 2 heterocycles. The molecule has 0 saturated carbocycles. The second-order valence-electron chi connectivity index (χ2n) is 9.74. The lowest BCUT2D eigenvalue weighted by atomic mass is 9.72. The Labute approximate surface area is 222 Å². The molecule has 2 aliphatic rings. The predicted molar refractivity (Wildman–Crippen MR) is 137 cm³/mol. The Balaban J connectivity index is 1.56. The molecule has 39 heavy (non-hydrogen) atoms. The summed E-state index contributed by atoms with van der Waals surface area (Å²) in [5.41, 5.74) is 1.42. The molecular formula is C30H24O9. The van der Waals surface area contributed by atoms with Crippen LogP contribution in [-0.2, 0) is 4.74 Å². The van der Waals surface area contributed by atoms with Crippen LogP contribution in [0.2, 0.25) is 0 Å². The van der Waals surface area contributed by atoms with E-state index in [-0.39, 0.29) is 45.6 Å². The number of hydrogen-bond acceptors (Lipinski definition) is 9. The molecule has 9 heteroatoms. The summed E-state index contributed by atoms with van der Waals surface area (Å²) in [5.74, 6) is -3.04. The molecule has 0 spiro atoms. The third kappa shape index (κ3) is 4.13. The van der Waals surface area contributed by atoms with Gasteiger partial charge in [0.15, 0.2) is 5.78 Å². The Morgan fingerprint density at radius 2 is 1.15 bits per heavy atom. The van der Waals surface area contributed by atoms with Crippen molar-refractivity contribution in [2.45, 2.75) is 18.3 Å². The lowest BCUT2D eigenvalue weighted by Gasteiger charge is -2.37. The maximum absolute atomic E-state index is 14.2. The number of hydrogen-bond donors (Lipinski definition) is 6. The van der Waals surface area contributed by atoms with Gasteiger partial charge in [-0.2, -0.15) is 0 Å². The van der Waals surface area contributed by atoms with Gasteiger partial charge in [0.2, 0.25) is 0 Å². The number of phenols is 6. The van der Waals surface area contributed by atoms with E-state index in [1.54, 1.807) is 24.3 Å². The number of aromatic hydroxyl groups is 6. The van der Waals surface area contributed by atoms with Crippen LogP contribution >= 0.6 is 0 Å². The Morgan fingerprint density at radius 3 is 1.77 bits per heavy atom. The van der Waals surface area contributed by atoms with E-state index in [1.165, 1.54) is 48.5 Å². The smallest absolute Gasteiger partial charge is 0.173 e. The largest absolute Gasteiger partial charge is 0.508 e. The molecule has 5 atom stereocenters. The number of Topliss-reactive ketones (excluding diaryl/α,β-unsaturated/α-hetero) is 1. The zero-order valence-corrected chi connectivity index (χ0v) is 20.3. The standard InChI is InChI=1S/C30H24O9/c31-16-5-1-14(2-6-16)28-25(27(37)20-10-9-18(33)11-21(20)35)26-29(15-3-7-17(32)8-4-15)38-23-13-19(34)12-22(36)24(23)30(26)39-28/h1-13,25-26,28-36H/t25-,26+,28-,29+,30-/m1/s1. The molecule has 1 fully saturated rings. The lowest BCUT2D eigenvalue weighted by Crippen LogP contribution is -2.35. The van der Waals surface area contributed by atoms with Crippen molar-refractivity contribution in [3.8, 4) is 40.2 Å². The van der Waals surface area contributed by atoms with Crippen molar-refractivity contribution in [1.29, 1.82) is 0 Å². The number of carbonyl (C=O) groups is 1. The summed E-state index contributed by atoms with van der Waals surface area (Å²) in [7, 11) is 0. The molecule has 4 aromatic rings. The Bertz CT molecular complexity index is 1560. The van der Waals surface area contributed by atoms with E-state index in [1.807, 2.05) is 0 Å². The van der Waals surface area contributed by atoms with Crippen LogP contribution in [0.25, 0.3) is 0 Å². The topological polar surface area (TPSA) is 157 Å². The number of fused-ring (bicyclic) bond motifs is 3. The molecule has 0 bridgehead atoms. The number of carbonyl (C=O) groups excluding carboxylic acids is 1. The highest BCUT2D eigenvalue weighted by Gasteiger charge is 2.57. The monoisotopic (exact) mass is 528 g/mol. The molecule has 0 amide bonds. The van der Waals surface area contributed by atoms with Crippen molar-refractivity contribution in [3.63, 3.8) is 0 Å². The minimum Gasteiger partial charge on any atom is -0.508 e. The molecule has 0 unspecified atom stereocenters. The van der Waals surface area contributed by atoms with E-state index in [0.717, 1.165) is 6.07 Å². The lowest BCUT2D eigenvalue weighted by molar-refractivity contribution is -0.00891. The van der Waals surface area contributed by atoms with Crippen LogP contribution in [0.3, 0.4) is 0 Å². The van der Waals surface area contributed by atoms with Gasteiger partial charge in [-0.25, -0.2) is 0 Å². The van der Waals surface area contributed by atoms with Crippen molar-refractivity contribution in [1.82, 2.24) is 0 Å². The third-order valence-electron chi connectivity index (χ3n) is 7.37. The highest BCUT2D eigenvalue weighted by Crippen LogP contribution is 2.62. The average molecular weight is 529 g/mol. The predicted octanol–water partition coefficient (Wildman–Crippen LogP) is 4.98. The average Bonchev–Trinajstić information content (AvgIpc) is 3.29. The molecule has 6 rings (SSSR count). The first-order valence-corrected chi connectivity index (χ1v) is 12.2. The Morgan fingerprint density at radius 1 is 0.590 bits per heavy atom. The van der Waals surface area contributed by atoms with Crippen LogP contribution in [0.4, 0.5) is 0 Å². The quantitative estimate of drug-likeness (QED) is 0.201. The van der Waals surface area contributed by atoms with Gasteiger partial charge in [-0.15, -0.1) is 0 Å². The van der Waals surface area contributed by atoms with Gasteiger partial charge in [-0.05, 0) is 47.5 Å². The van der Waals surface area contributed by atoms with Gasteiger partial charge in [0, 0.05) is 24.1 Å². The van der Waals surface area contributed by atoms with E-state index < -0.39 is 41.7 Å². The van der Waals surface area contributed by atoms with Crippen LogP contribution in [-0.4, -0.2) is 36.4 Å². The maximum Gasteiger partial charge on any atom is 0.173 e. The molecular weight excluding hydrogens is 504 g/mol. The fourth-order valence-electron chi connectivity index (χ4n) is 5.65. The van der Waals surface area contributed by atoms with Crippen molar-refractivity contribution in [2.24, 2.45) is 11.8 Å². The normalized spacial score (nSPS) is 23.4. The van der Waals surface area contributed by atoms with Crippen LogP contribution < -0.4 is 4.74 Å². The van der Waals surface area contributed by atoms with Gasteiger partial charge in [0.25, 0.3) is 0 Å². The minimum absolute atomic E-state index is 0.0250. The van der Waals surface area contributed by atoms with Gasteiger partial charge in [0.1, 0.15) is 46.4 Å². The summed E-state index contributed by atoms with van der Waals surface area (Å²) < 4.78 is 12.9. The van der Waals surface area contributed by atoms with E-state index in [0.29, 0.717) is 11.1 Å². The molecule has 4 aromatic carbocycles. The van der Waals surface area contributed by atoms with Gasteiger partial charge in [-0.1, -0.05) is 24.3 Å². The van der Waals surface area contributed by atoms with E-state index >= 15 is 0 Å². The zero-order chi connectivity index (χ0) is 27.4. The Kier molecular flexibility index (Phi) is 5.73. The van der Waals surface area contributed by atoms with Gasteiger partial charge in [-0.3, -0.25) is 4.79 Å². The van der Waals surface area contributed by atoms with Crippen LogP contribution in [0, 0.1) is 11.8 Å². The zero-order valence-electron chi connectivity index (χ0n) is 20.3. The highest BCUT2D eigenvalue weighted by atomic mass is 16.5. The summed E-state index contributed by atoms with van der Waals surface area (Å²) in [4.78, 5) is 14.2. The number of ether oxygens (including phenoxy) is 2. The highest BCUT2D eigenvalue weighted by molar-refractivity contribution is 6.01. The van der Waals surface area contributed by atoms with Gasteiger partial charge >= 0.3 is 0 Å². The molecule has 6 N–H and O–H groups in total. The second-order valence-corrected chi connectivity index (χ2v) is 9.74. The first kappa shape index (κ1) is 24.4. The fourth-order valence-corrected chi connectivity index (χ4v) is 5.65. The van der Waals surface area contributed by atoms with Gasteiger partial charge in [0.05, 0.1) is 29.3 Å². The summed E-state index contributed by atoms with van der Waals surface area (Å²) in [5, 5.41) is 61.1. The van der Waals surface area contributed by atoms with Crippen LogP contribution in [0.15, 0.2) is 78.9 Å². The summed E-state index contributed by atoms with van der Waals surface area (Å²) in [6.07, 6.45) is -2.58. The SMILES string of the molecule is O=C(c1ccc(O)cc1O)[C@H]1[C@@H]2[C@H](O[C@@H]1c1ccc(O)cc1)c1c(O)cc(O)cc1O[C@H]2c1ccc(O)cc1. The first-order valence-electron chi connectivity index (χ1n) is 12.2. The van der Waals surface area contributed by atoms with Gasteiger partial charge < -0.3 is 40.1 Å². The van der Waals surface area contributed by atoms with E-state index in [9.17, 15) is 35.4 Å². The number of ketones is 1. The number of phenolic OH excluding ortho intramolecular Hbond substituents is 6. The molecule has 1 saturated heterocycles. The van der Waals surface area contributed by atoms with Crippen molar-refractivity contribution >= 4 is 5.78 Å². The molecule has 0 aromatic heterocycles. The van der Waals surface area contributed by atoms with Crippen molar-refractivity contribution in [3.05, 3.63) is 101 Å². The van der Waals surface area contributed by atoms with Crippen LogP contribution in [0.5, 0.6) is 40.2 Å². The second kappa shape index (κ2) is 9.14. The van der Waals surface area contributed by atoms with Crippen LogP contribution in [0.1, 0.15) is 45.4 Å². The molecule has 198 valence electrons. The minimum atomic E-state index is -0.963. The van der Waals surface area contributed by atoms with Crippen molar-refractivity contribution in [2.75, 3.05) is 0 Å². The van der Waals surface area contributed by atoms with E-state index in [2.05, 4.69) is 0 Å². The number of benzene rings is 4. The molecule has 9 nitrogen and oxygen atoms in total. The molecule has 0 aliphatic carbocycles. The molecule has 0 radical (unpaired) electrons. The fraction of sp³-hybridized carbons (Fsp3) is 0.167. The summed E-state index contributed by atoms with van der Waals surface area (Å²) in [6, 6.07) is 18.7. The number of rotatable bonds is 4. The summed E-state index contributed by atoms with van der Waals surface area (Å²) >= 11 is 0. The summed E-state index contributed by atoms with van der Waals surface area (Å²) in [6.45, 7) is 0. The van der Waals surface area contributed by atoms with E-state index in [4.69, 9.17) is 9.47 Å². The molecule has 2 aliphatic heterocycles.